The molecule has 0 amide bonds. The van der Waals surface area contributed by atoms with E-state index < -0.39 is 5.97 Å². The van der Waals surface area contributed by atoms with Crippen molar-refractivity contribution in [2.24, 2.45) is 0 Å². The van der Waals surface area contributed by atoms with E-state index >= 15 is 0 Å². The highest BCUT2D eigenvalue weighted by Gasteiger charge is 2.17. The molecule has 1 aromatic rings. The lowest BCUT2D eigenvalue weighted by Gasteiger charge is -2.10. The van der Waals surface area contributed by atoms with E-state index in [0.29, 0.717) is 16.0 Å². The first-order valence-electron chi connectivity index (χ1n) is 4.62. The van der Waals surface area contributed by atoms with E-state index in [1.807, 2.05) is 6.07 Å². The molecule has 0 N–H and O–H groups in total. The van der Waals surface area contributed by atoms with Crippen LogP contribution in [0.2, 0.25) is 0 Å². The number of carbonyl (C=O) groups excluding carboxylic acids is 1. The summed E-state index contributed by atoms with van der Waals surface area (Å²) in [5.74, 6) is -0.188. The van der Waals surface area contributed by atoms with Crippen molar-refractivity contribution in [2.45, 2.75) is 11.8 Å². The molecule has 84 valence electrons. The van der Waals surface area contributed by atoms with Crippen LogP contribution in [-0.2, 0) is 4.74 Å². The normalized spacial score (nSPS) is 9.38. The minimum atomic E-state index is -0.477. The highest BCUT2D eigenvalue weighted by Crippen LogP contribution is 2.30. The topological polar surface area (TPSA) is 59.3 Å². The Balaban J connectivity index is 3.25. The molecule has 0 aromatic heterocycles. The third-order valence-corrected chi connectivity index (χ3v) is 2.40. The van der Waals surface area contributed by atoms with Gasteiger partial charge in [-0.25, -0.2) is 4.79 Å². The second-order valence-corrected chi connectivity index (χ2v) is 3.32. The number of ether oxygens (including phenoxy) is 2. The van der Waals surface area contributed by atoms with Gasteiger partial charge in [0.1, 0.15) is 6.07 Å². The average Bonchev–Trinajstić information content (AvgIpc) is 2.28. The molecular weight excluding hydrogens is 226 g/mol. The summed E-state index contributed by atoms with van der Waals surface area (Å²) in [7, 11) is 1.42. The molecule has 1 rings (SSSR count). The number of nitriles is 1. The summed E-state index contributed by atoms with van der Waals surface area (Å²) in [6, 6.07) is 4.97. The van der Waals surface area contributed by atoms with Gasteiger partial charge in [-0.1, -0.05) is 0 Å². The Morgan fingerprint density at radius 2 is 2.25 bits per heavy atom. The molecule has 16 heavy (non-hydrogen) atoms. The molecule has 4 nitrogen and oxygen atoms in total. The number of benzene rings is 1. The van der Waals surface area contributed by atoms with Gasteiger partial charge in [0.25, 0.3) is 0 Å². The van der Waals surface area contributed by atoms with Crippen LogP contribution in [0.5, 0.6) is 5.75 Å². The van der Waals surface area contributed by atoms with Crippen molar-refractivity contribution in [1.82, 2.24) is 0 Å². The Labute approximate surface area is 99.2 Å². The van der Waals surface area contributed by atoms with Crippen molar-refractivity contribution >= 4 is 18.6 Å². The summed E-state index contributed by atoms with van der Waals surface area (Å²) in [4.78, 5) is 11.8. The summed E-state index contributed by atoms with van der Waals surface area (Å²) in [5, 5.41) is 8.83. The van der Waals surface area contributed by atoms with E-state index in [9.17, 15) is 4.79 Å². The summed E-state index contributed by atoms with van der Waals surface area (Å²) < 4.78 is 9.88. The molecule has 0 saturated carbocycles. The number of carbonyl (C=O) groups is 1. The molecule has 0 atom stereocenters. The molecule has 0 fully saturated rings. The minimum absolute atomic E-state index is 0.286. The summed E-state index contributed by atoms with van der Waals surface area (Å²) in [5.41, 5.74) is 0.626. The van der Waals surface area contributed by atoms with Crippen LogP contribution in [0.1, 0.15) is 22.8 Å². The van der Waals surface area contributed by atoms with Crippen LogP contribution in [0.4, 0.5) is 0 Å². The number of thiol groups is 1. The highest BCUT2D eigenvalue weighted by molar-refractivity contribution is 7.80. The molecule has 0 radical (unpaired) electrons. The van der Waals surface area contributed by atoms with Crippen molar-refractivity contribution in [3.8, 4) is 11.8 Å². The molecular formula is C11H11NO3S. The maximum atomic E-state index is 11.5. The summed E-state index contributed by atoms with van der Waals surface area (Å²) >= 11 is 4.17. The number of hydrogen-bond donors (Lipinski definition) is 1. The number of methoxy groups -OCH3 is 1. The average molecular weight is 237 g/mol. The Bertz CT molecular complexity index is 451. The van der Waals surface area contributed by atoms with E-state index in [1.165, 1.54) is 19.2 Å². The Kier molecular flexibility index (Phi) is 4.20. The molecule has 0 unspecified atom stereocenters. The van der Waals surface area contributed by atoms with Crippen LogP contribution in [0.15, 0.2) is 17.0 Å². The van der Waals surface area contributed by atoms with Gasteiger partial charge in [0.15, 0.2) is 5.75 Å². The van der Waals surface area contributed by atoms with Crippen LogP contribution in [0.3, 0.4) is 0 Å². The third-order valence-electron chi connectivity index (χ3n) is 1.95. The van der Waals surface area contributed by atoms with Gasteiger partial charge in [-0.05, 0) is 19.1 Å². The highest BCUT2D eigenvalue weighted by atomic mass is 32.1. The van der Waals surface area contributed by atoms with Crippen LogP contribution >= 0.6 is 12.6 Å². The van der Waals surface area contributed by atoms with Crippen LogP contribution in [0, 0.1) is 11.3 Å². The quantitative estimate of drug-likeness (QED) is 0.645. The Morgan fingerprint density at radius 3 is 2.75 bits per heavy atom. The standard InChI is InChI=1S/C11H11NO3S/c1-3-15-11(13)8-5-4-7(6-12)9(14-2)10(8)16/h4-5,16H,3H2,1-2H3. The van der Waals surface area contributed by atoms with Crippen molar-refractivity contribution < 1.29 is 14.3 Å². The molecule has 0 aliphatic rings. The van der Waals surface area contributed by atoms with Gasteiger partial charge < -0.3 is 9.47 Å². The van der Waals surface area contributed by atoms with E-state index in [2.05, 4.69) is 12.6 Å². The van der Waals surface area contributed by atoms with Crippen LogP contribution in [0.25, 0.3) is 0 Å². The van der Waals surface area contributed by atoms with E-state index in [-0.39, 0.29) is 12.4 Å². The van der Waals surface area contributed by atoms with Gasteiger partial charge in [0, 0.05) is 0 Å². The second kappa shape index (κ2) is 5.42. The molecule has 0 aliphatic heterocycles. The lowest BCUT2D eigenvalue weighted by atomic mass is 10.1. The molecule has 0 spiro atoms. The second-order valence-electron chi connectivity index (χ2n) is 2.87. The summed E-state index contributed by atoms with van der Waals surface area (Å²) in [6.07, 6.45) is 0. The molecule has 0 bridgehead atoms. The number of esters is 1. The molecule has 0 saturated heterocycles. The van der Waals surface area contributed by atoms with Crippen molar-refractivity contribution in [1.29, 1.82) is 5.26 Å². The molecule has 1 aromatic carbocycles. The van der Waals surface area contributed by atoms with E-state index in [0.717, 1.165) is 0 Å². The van der Waals surface area contributed by atoms with Gasteiger partial charge in [0.05, 0.1) is 29.7 Å². The fourth-order valence-corrected chi connectivity index (χ4v) is 1.62. The monoisotopic (exact) mass is 237 g/mol. The maximum absolute atomic E-state index is 11.5. The maximum Gasteiger partial charge on any atom is 0.339 e. The van der Waals surface area contributed by atoms with Crippen molar-refractivity contribution in [3.05, 3.63) is 23.3 Å². The lowest BCUT2D eigenvalue weighted by molar-refractivity contribution is 0.0521. The van der Waals surface area contributed by atoms with E-state index in [4.69, 9.17) is 14.7 Å². The molecule has 0 heterocycles. The number of nitrogens with zero attached hydrogens (tertiary/aromatic N) is 1. The fourth-order valence-electron chi connectivity index (χ4n) is 1.24. The zero-order valence-corrected chi connectivity index (χ0v) is 9.88. The lowest BCUT2D eigenvalue weighted by Crippen LogP contribution is -2.07. The minimum Gasteiger partial charge on any atom is -0.494 e. The third kappa shape index (κ3) is 2.28. The SMILES string of the molecule is CCOC(=O)c1ccc(C#N)c(OC)c1S. The fraction of sp³-hybridized carbons (Fsp3) is 0.273. The van der Waals surface area contributed by atoms with Gasteiger partial charge in [0.2, 0.25) is 0 Å². The van der Waals surface area contributed by atoms with Gasteiger partial charge in [-0.2, -0.15) is 5.26 Å². The molecule has 5 heteroatoms. The zero-order valence-electron chi connectivity index (χ0n) is 8.98. The largest absolute Gasteiger partial charge is 0.494 e. The van der Waals surface area contributed by atoms with Gasteiger partial charge in [-0.3, -0.25) is 0 Å². The van der Waals surface area contributed by atoms with Crippen molar-refractivity contribution in [2.75, 3.05) is 13.7 Å². The summed E-state index contributed by atoms with van der Waals surface area (Å²) in [6.45, 7) is 2.01. The zero-order chi connectivity index (χ0) is 12.1. The van der Waals surface area contributed by atoms with E-state index in [1.54, 1.807) is 6.92 Å². The van der Waals surface area contributed by atoms with Crippen LogP contribution in [-0.4, -0.2) is 19.7 Å². The smallest absolute Gasteiger partial charge is 0.339 e. The van der Waals surface area contributed by atoms with Crippen molar-refractivity contribution in [3.63, 3.8) is 0 Å². The first-order chi connectivity index (χ1) is 7.65. The van der Waals surface area contributed by atoms with Gasteiger partial charge in [-0.15, -0.1) is 12.6 Å². The predicted molar refractivity (Wildman–Crippen MR) is 60.9 cm³/mol. The number of rotatable bonds is 3. The van der Waals surface area contributed by atoms with Gasteiger partial charge >= 0.3 is 5.97 Å². The first-order valence-corrected chi connectivity index (χ1v) is 5.07. The Morgan fingerprint density at radius 1 is 1.56 bits per heavy atom. The van der Waals surface area contributed by atoms with Crippen LogP contribution < -0.4 is 4.74 Å². The first kappa shape index (κ1) is 12.4. The number of hydrogen-bond acceptors (Lipinski definition) is 5. The predicted octanol–water partition coefficient (Wildman–Crippen LogP) is 2.03. The molecule has 0 aliphatic carbocycles. The Hall–Kier alpha value is -1.67.